The van der Waals surface area contributed by atoms with Gasteiger partial charge < -0.3 is 10.0 Å². The minimum absolute atomic E-state index is 0.0881. The molecular weight excluding hydrogens is 242 g/mol. The fourth-order valence-electron chi connectivity index (χ4n) is 3.37. The zero-order valence-electron chi connectivity index (χ0n) is 12.8. The van der Waals surface area contributed by atoms with Gasteiger partial charge in [0.2, 0.25) is 5.91 Å². The Hall–Kier alpha value is -1.06. The van der Waals surface area contributed by atoms with E-state index in [2.05, 4.69) is 13.8 Å². The minimum Gasteiger partial charge on any atom is -0.479 e. The Bertz CT molecular complexity index is 362. The first-order valence-electron chi connectivity index (χ1n) is 7.16. The van der Waals surface area contributed by atoms with Crippen molar-refractivity contribution < 1.29 is 14.7 Å². The molecule has 0 bridgehead atoms. The second-order valence-electron chi connectivity index (χ2n) is 6.84. The molecule has 0 spiro atoms. The second kappa shape index (κ2) is 5.51. The first kappa shape index (κ1) is 16.0. The van der Waals surface area contributed by atoms with Gasteiger partial charge >= 0.3 is 5.97 Å². The lowest BCUT2D eigenvalue weighted by Crippen LogP contribution is -2.59. The van der Waals surface area contributed by atoms with E-state index in [0.29, 0.717) is 12.8 Å². The van der Waals surface area contributed by atoms with Crippen LogP contribution in [0.3, 0.4) is 0 Å². The van der Waals surface area contributed by atoms with Crippen LogP contribution in [0.1, 0.15) is 66.7 Å². The van der Waals surface area contributed by atoms with Gasteiger partial charge in [0.05, 0.1) is 0 Å². The van der Waals surface area contributed by atoms with E-state index in [4.69, 9.17) is 0 Å². The molecule has 0 aromatic rings. The predicted molar refractivity (Wildman–Crippen MR) is 74.9 cm³/mol. The normalized spacial score (nSPS) is 26.8. The molecule has 0 aromatic carbocycles. The molecule has 1 rings (SSSR count). The molecule has 1 aliphatic rings. The summed E-state index contributed by atoms with van der Waals surface area (Å²) in [5.41, 5.74) is -0.857. The van der Waals surface area contributed by atoms with Crippen molar-refractivity contribution >= 4 is 11.9 Å². The number of carboxylic acid groups (broad SMARTS) is 1. The first-order valence-corrected chi connectivity index (χ1v) is 7.16. The van der Waals surface area contributed by atoms with Gasteiger partial charge in [-0.25, -0.2) is 4.79 Å². The Morgan fingerprint density at radius 1 is 1.11 bits per heavy atom. The molecule has 1 fully saturated rings. The number of carbonyl (C=O) groups is 2. The summed E-state index contributed by atoms with van der Waals surface area (Å²) in [4.78, 5) is 25.4. The summed E-state index contributed by atoms with van der Waals surface area (Å²) in [6.07, 6.45) is 3.83. The van der Waals surface area contributed by atoms with Crippen LogP contribution in [0.25, 0.3) is 0 Å². The van der Waals surface area contributed by atoms with Crippen LogP contribution in [-0.4, -0.2) is 33.5 Å². The SMILES string of the molecule is CC(=O)N(C(C)C)C1(C(=O)O)CCCC(C)(C)CC1. The van der Waals surface area contributed by atoms with Gasteiger partial charge in [0, 0.05) is 13.0 Å². The van der Waals surface area contributed by atoms with E-state index in [1.807, 2.05) is 13.8 Å². The molecule has 0 aromatic heterocycles. The van der Waals surface area contributed by atoms with Crippen LogP contribution >= 0.6 is 0 Å². The number of carbonyl (C=O) groups excluding carboxylic acids is 1. The maximum Gasteiger partial charge on any atom is 0.329 e. The molecule has 110 valence electrons. The summed E-state index contributed by atoms with van der Waals surface area (Å²) in [5.74, 6) is -0.994. The van der Waals surface area contributed by atoms with Crippen LogP contribution in [-0.2, 0) is 9.59 Å². The number of amides is 1. The third-order valence-corrected chi connectivity index (χ3v) is 4.37. The highest BCUT2D eigenvalue weighted by Gasteiger charge is 2.48. The van der Waals surface area contributed by atoms with Gasteiger partial charge in [0.1, 0.15) is 5.54 Å². The molecule has 0 aliphatic heterocycles. The number of hydrogen-bond acceptors (Lipinski definition) is 2. The lowest BCUT2D eigenvalue weighted by molar-refractivity contribution is -0.162. The van der Waals surface area contributed by atoms with E-state index >= 15 is 0 Å². The van der Waals surface area contributed by atoms with Crippen LogP contribution in [0.15, 0.2) is 0 Å². The second-order valence-corrected chi connectivity index (χ2v) is 6.84. The molecule has 1 atom stereocenters. The molecule has 1 N–H and O–H groups in total. The Morgan fingerprint density at radius 2 is 1.68 bits per heavy atom. The molecule has 0 saturated heterocycles. The van der Waals surface area contributed by atoms with E-state index < -0.39 is 11.5 Å². The average molecular weight is 269 g/mol. The van der Waals surface area contributed by atoms with Crippen molar-refractivity contribution in [3.63, 3.8) is 0 Å². The predicted octanol–water partition coefficient (Wildman–Crippen LogP) is 3.06. The summed E-state index contributed by atoms with van der Waals surface area (Å²) < 4.78 is 0. The molecule has 19 heavy (non-hydrogen) atoms. The number of carboxylic acids is 1. The van der Waals surface area contributed by atoms with Gasteiger partial charge in [0.15, 0.2) is 0 Å². The van der Waals surface area contributed by atoms with E-state index in [1.165, 1.54) is 6.92 Å². The number of nitrogens with zero attached hydrogens (tertiary/aromatic N) is 1. The fraction of sp³-hybridized carbons (Fsp3) is 0.867. The quantitative estimate of drug-likeness (QED) is 0.801. The van der Waals surface area contributed by atoms with Crippen molar-refractivity contribution in [3.05, 3.63) is 0 Å². The molecule has 0 radical (unpaired) electrons. The third kappa shape index (κ3) is 3.28. The minimum atomic E-state index is -1.02. The molecule has 1 saturated carbocycles. The molecule has 0 heterocycles. The zero-order valence-corrected chi connectivity index (χ0v) is 12.8. The average Bonchev–Trinajstić information content (AvgIpc) is 2.38. The Labute approximate surface area is 116 Å². The van der Waals surface area contributed by atoms with Crippen molar-refractivity contribution in [3.8, 4) is 0 Å². The van der Waals surface area contributed by atoms with Gasteiger partial charge in [-0.3, -0.25) is 4.79 Å². The largest absolute Gasteiger partial charge is 0.479 e. The molecular formula is C15H27NO3. The number of rotatable bonds is 3. The summed E-state index contributed by atoms with van der Waals surface area (Å²) in [6, 6.07) is -0.0881. The molecule has 1 aliphatic carbocycles. The van der Waals surface area contributed by atoms with Crippen LogP contribution in [0, 0.1) is 5.41 Å². The highest BCUT2D eigenvalue weighted by Crippen LogP contribution is 2.41. The summed E-state index contributed by atoms with van der Waals surface area (Å²) >= 11 is 0. The van der Waals surface area contributed by atoms with Crippen LogP contribution in [0.2, 0.25) is 0 Å². The number of aliphatic carboxylic acids is 1. The summed E-state index contributed by atoms with van der Waals surface area (Å²) in [6.45, 7) is 9.61. The van der Waals surface area contributed by atoms with E-state index in [0.717, 1.165) is 19.3 Å². The van der Waals surface area contributed by atoms with Gasteiger partial charge in [-0.15, -0.1) is 0 Å². The molecule has 1 amide bonds. The monoisotopic (exact) mass is 269 g/mol. The lowest BCUT2D eigenvalue weighted by Gasteiger charge is -2.42. The third-order valence-electron chi connectivity index (χ3n) is 4.37. The Kier molecular flexibility index (Phi) is 4.64. The van der Waals surface area contributed by atoms with Crippen molar-refractivity contribution in [2.45, 2.75) is 78.3 Å². The highest BCUT2D eigenvalue weighted by molar-refractivity contribution is 5.86. The van der Waals surface area contributed by atoms with E-state index in [1.54, 1.807) is 4.90 Å². The molecule has 1 unspecified atom stereocenters. The van der Waals surface area contributed by atoms with Gasteiger partial charge in [-0.05, 0) is 51.4 Å². The van der Waals surface area contributed by atoms with E-state index in [9.17, 15) is 14.7 Å². The Morgan fingerprint density at radius 3 is 2.11 bits per heavy atom. The maximum atomic E-state index is 11.9. The van der Waals surface area contributed by atoms with Crippen LogP contribution < -0.4 is 0 Å². The Balaban J connectivity index is 3.16. The molecule has 4 nitrogen and oxygen atoms in total. The van der Waals surface area contributed by atoms with Gasteiger partial charge in [-0.1, -0.05) is 13.8 Å². The van der Waals surface area contributed by atoms with Gasteiger partial charge in [-0.2, -0.15) is 0 Å². The van der Waals surface area contributed by atoms with Crippen LogP contribution in [0.4, 0.5) is 0 Å². The lowest BCUT2D eigenvalue weighted by atomic mass is 9.82. The summed E-state index contributed by atoms with van der Waals surface area (Å²) in [5, 5.41) is 9.76. The van der Waals surface area contributed by atoms with Crippen molar-refractivity contribution in [1.29, 1.82) is 0 Å². The first-order chi connectivity index (χ1) is 8.62. The van der Waals surface area contributed by atoms with Gasteiger partial charge in [0.25, 0.3) is 0 Å². The van der Waals surface area contributed by atoms with Crippen molar-refractivity contribution in [2.24, 2.45) is 5.41 Å². The number of hydrogen-bond donors (Lipinski definition) is 1. The summed E-state index contributed by atoms with van der Waals surface area (Å²) in [7, 11) is 0. The van der Waals surface area contributed by atoms with Crippen molar-refractivity contribution in [2.75, 3.05) is 0 Å². The molecule has 4 heteroatoms. The highest BCUT2D eigenvalue weighted by atomic mass is 16.4. The maximum absolute atomic E-state index is 11.9. The van der Waals surface area contributed by atoms with Crippen LogP contribution in [0.5, 0.6) is 0 Å². The smallest absolute Gasteiger partial charge is 0.329 e. The fourth-order valence-corrected chi connectivity index (χ4v) is 3.37. The van der Waals surface area contributed by atoms with E-state index in [-0.39, 0.29) is 17.4 Å². The topological polar surface area (TPSA) is 57.6 Å². The standard InChI is InChI=1S/C15H27NO3/c1-11(2)16(12(3)17)15(13(18)19)8-6-7-14(4,5)9-10-15/h11H,6-10H2,1-5H3,(H,18,19). The van der Waals surface area contributed by atoms with Crippen molar-refractivity contribution in [1.82, 2.24) is 4.90 Å². The zero-order chi connectivity index (χ0) is 14.8.